The topological polar surface area (TPSA) is 104 Å². The molecule has 1 amide bonds. The van der Waals surface area contributed by atoms with Gasteiger partial charge in [-0.2, -0.15) is 5.21 Å². The van der Waals surface area contributed by atoms with E-state index in [2.05, 4.69) is 25.9 Å². The van der Waals surface area contributed by atoms with Crippen LogP contribution in [0, 0.1) is 0 Å². The SMILES string of the molecule is CC(C)(CO)NC(=O)c1nn[nH]n1. The van der Waals surface area contributed by atoms with Crippen LogP contribution in [0.1, 0.15) is 24.5 Å². The van der Waals surface area contributed by atoms with Crippen LogP contribution < -0.4 is 5.32 Å². The zero-order chi connectivity index (χ0) is 9.90. The van der Waals surface area contributed by atoms with Gasteiger partial charge in [-0.05, 0) is 19.1 Å². The van der Waals surface area contributed by atoms with Crippen LogP contribution in [0.4, 0.5) is 0 Å². The number of carbonyl (C=O) groups is 1. The summed E-state index contributed by atoms with van der Waals surface area (Å²) in [5.74, 6) is -0.505. The number of aromatic nitrogens is 4. The van der Waals surface area contributed by atoms with E-state index >= 15 is 0 Å². The number of aromatic amines is 1. The van der Waals surface area contributed by atoms with Crippen LogP contribution in [-0.4, -0.2) is 43.8 Å². The average Bonchev–Trinajstić information content (AvgIpc) is 2.55. The van der Waals surface area contributed by atoms with Gasteiger partial charge >= 0.3 is 0 Å². The molecule has 1 heterocycles. The van der Waals surface area contributed by atoms with Crippen molar-refractivity contribution in [1.82, 2.24) is 25.9 Å². The number of aliphatic hydroxyl groups excluding tert-OH is 1. The van der Waals surface area contributed by atoms with Gasteiger partial charge in [-0.3, -0.25) is 4.79 Å². The molecule has 7 heteroatoms. The molecule has 13 heavy (non-hydrogen) atoms. The summed E-state index contributed by atoms with van der Waals surface area (Å²) in [6, 6.07) is 0. The minimum absolute atomic E-state index is 0.0403. The van der Waals surface area contributed by atoms with Gasteiger partial charge in [0, 0.05) is 0 Å². The van der Waals surface area contributed by atoms with Gasteiger partial charge < -0.3 is 10.4 Å². The molecular weight excluding hydrogens is 174 g/mol. The Morgan fingerprint density at radius 1 is 1.69 bits per heavy atom. The molecule has 0 fully saturated rings. The third-order valence-corrected chi connectivity index (χ3v) is 1.40. The summed E-state index contributed by atoms with van der Waals surface area (Å²) in [7, 11) is 0. The first-order chi connectivity index (χ1) is 6.05. The minimum Gasteiger partial charge on any atom is -0.394 e. The van der Waals surface area contributed by atoms with Crippen LogP contribution in [-0.2, 0) is 0 Å². The van der Waals surface area contributed by atoms with Crippen LogP contribution >= 0.6 is 0 Å². The van der Waals surface area contributed by atoms with E-state index in [1.165, 1.54) is 0 Å². The molecule has 1 rings (SSSR count). The smallest absolute Gasteiger partial charge is 0.293 e. The fourth-order valence-corrected chi connectivity index (χ4v) is 0.661. The lowest BCUT2D eigenvalue weighted by atomic mass is 10.1. The Balaban J connectivity index is 2.61. The number of hydrogen-bond donors (Lipinski definition) is 3. The number of nitrogens with zero attached hydrogens (tertiary/aromatic N) is 3. The van der Waals surface area contributed by atoms with E-state index in [-0.39, 0.29) is 12.4 Å². The molecule has 1 aromatic heterocycles. The molecule has 0 aliphatic rings. The molecule has 1 aromatic rings. The Morgan fingerprint density at radius 3 is 2.85 bits per heavy atom. The van der Waals surface area contributed by atoms with Gasteiger partial charge in [0.2, 0.25) is 0 Å². The molecular formula is C6H11N5O2. The lowest BCUT2D eigenvalue weighted by molar-refractivity contribution is 0.0859. The normalized spacial score (nSPS) is 11.3. The molecule has 0 aromatic carbocycles. The van der Waals surface area contributed by atoms with Gasteiger partial charge in [-0.25, -0.2) is 0 Å². The van der Waals surface area contributed by atoms with Crippen molar-refractivity contribution in [2.75, 3.05) is 6.61 Å². The summed E-state index contributed by atoms with van der Waals surface area (Å²) in [4.78, 5) is 11.3. The predicted octanol–water partition coefficient (Wildman–Crippen LogP) is -1.30. The quantitative estimate of drug-likeness (QED) is 0.543. The Bertz CT molecular complexity index is 281. The number of hydrogen-bond acceptors (Lipinski definition) is 5. The largest absolute Gasteiger partial charge is 0.394 e. The molecule has 0 aliphatic carbocycles. The molecule has 3 N–H and O–H groups in total. The van der Waals surface area contributed by atoms with Crippen molar-refractivity contribution in [3.05, 3.63) is 5.82 Å². The second-order valence-corrected chi connectivity index (χ2v) is 3.23. The van der Waals surface area contributed by atoms with E-state index in [0.29, 0.717) is 0 Å². The molecule has 0 saturated carbocycles. The lowest BCUT2D eigenvalue weighted by Gasteiger charge is -2.22. The van der Waals surface area contributed by atoms with Crippen molar-refractivity contribution in [3.63, 3.8) is 0 Å². The van der Waals surface area contributed by atoms with Crippen molar-refractivity contribution in [3.8, 4) is 0 Å². The van der Waals surface area contributed by atoms with Crippen molar-refractivity contribution < 1.29 is 9.90 Å². The van der Waals surface area contributed by atoms with E-state index in [9.17, 15) is 4.79 Å². The molecule has 0 radical (unpaired) electrons. The number of aliphatic hydroxyl groups is 1. The second-order valence-electron chi connectivity index (χ2n) is 3.23. The summed E-state index contributed by atoms with van der Waals surface area (Å²) >= 11 is 0. The summed E-state index contributed by atoms with van der Waals surface area (Å²) < 4.78 is 0. The van der Waals surface area contributed by atoms with Crippen molar-refractivity contribution in [2.24, 2.45) is 0 Å². The van der Waals surface area contributed by atoms with E-state index in [1.807, 2.05) is 0 Å². The maximum Gasteiger partial charge on any atom is 0.293 e. The summed E-state index contributed by atoms with van der Waals surface area (Å²) in [6.07, 6.45) is 0. The van der Waals surface area contributed by atoms with Crippen molar-refractivity contribution in [2.45, 2.75) is 19.4 Å². The number of rotatable bonds is 3. The molecule has 0 aliphatic heterocycles. The van der Waals surface area contributed by atoms with E-state index in [1.54, 1.807) is 13.8 Å². The van der Waals surface area contributed by atoms with Gasteiger partial charge in [0.05, 0.1) is 12.1 Å². The third kappa shape index (κ3) is 2.48. The van der Waals surface area contributed by atoms with Gasteiger partial charge in [0.25, 0.3) is 11.7 Å². The zero-order valence-corrected chi connectivity index (χ0v) is 7.40. The predicted molar refractivity (Wildman–Crippen MR) is 42.8 cm³/mol. The monoisotopic (exact) mass is 185 g/mol. The maximum atomic E-state index is 11.3. The minimum atomic E-state index is -0.683. The third-order valence-electron chi connectivity index (χ3n) is 1.40. The molecule has 0 bridgehead atoms. The summed E-state index contributed by atoms with van der Waals surface area (Å²) in [5.41, 5.74) is -0.683. The Kier molecular flexibility index (Phi) is 2.57. The highest BCUT2D eigenvalue weighted by Gasteiger charge is 2.21. The van der Waals surface area contributed by atoms with Crippen LogP contribution in [0.5, 0.6) is 0 Å². The zero-order valence-electron chi connectivity index (χ0n) is 7.40. The molecule has 7 nitrogen and oxygen atoms in total. The molecule has 0 atom stereocenters. The van der Waals surface area contributed by atoms with Crippen LogP contribution in [0.3, 0.4) is 0 Å². The van der Waals surface area contributed by atoms with Crippen LogP contribution in [0.15, 0.2) is 0 Å². The van der Waals surface area contributed by atoms with Crippen molar-refractivity contribution >= 4 is 5.91 Å². The van der Waals surface area contributed by atoms with Crippen molar-refractivity contribution in [1.29, 1.82) is 0 Å². The molecule has 0 spiro atoms. The highest BCUT2D eigenvalue weighted by Crippen LogP contribution is 2.00. The number of carbonyl (C=O) groups excluding carboxylic acids is 1. The molecule has 0 saturated heterocycles. The standard InChI is InChI=1S/C6H11N5O2/c1-6(2,3-12)7-5(13)4-8-10-11-9-4/h12H,3H2,1-2H3,(H,7,13)(H,8,9,10,11). The van der Waals surface area contributed by atoms with Gasteiger partial charge in [-0.15, -0.1) is 10.2 Å². The van der Waals surface area contributed by atoms with Gasteiger partial charge in [0.1, 0.15) is 0 Å². The fraction of sp³-hybridized carbons (Fsp3) is 0.667. The fourth-order valence-electron chi connectivity index (χ4n) is 0.661. The number of nitrogens with one attached hydrogen (secondary N) is 2. The van der Waals surface area contributed by atoms with E-state index < -0.39 is 11.4 Å². The average molecular weight is 185 g/mol. The van der Waals surface area contributed by atoms with E-state index in [4.69, 9.17) is 5.11 Å². The van der Waals surface area contributed by atoms with Crippen LogP contribution in [0.2, 0.25) is 0 Å². The highest BCUT2D eigenvalue weighted by molar-refractivity contribution is 5.90. The lowest BCUT2D eigenvalue weighted by Crippen LogP contribution is -2.46. The Hall–Kier alpha value is -1.50. The first kappa shape index (κ1) is 9.59. The molecule has 72 valence electrons. The van der Waals surface area contributed by atoms with E-state index in [0.717, 1.165) is 0 Å². The maximum absolute atomic E-state index is 11.3. The van der Waals surface area contributed by atoms with Crippen LogP contribution in [0.25, 0.3) is 0 Å². The first-order valence-electron chi connectivity index (χ1n) is 3.72. The Morgan fingerprint density at radius 2 is 2.38 bits per heavy atom. The summed E-state index contributed by atoms with van der Waals surface area (Å²) in [5, 5.41) is 23.8. The number of amides is 1. The van der Waals surface area contributed by atoms with Gasteiger partial charge in [-0.1, -0.05) is 0 Å². The highest BCUT2D eigenvalue weighted by atomic mass is 16.3. The number of H-pyrrole nitrogens is 1. The van der Waals surface area contributed by atoms with Gasteiger partial charge in [0.15, 0.2) is 0 Å². The number of tetrazole rings is 1. The molecule has 0 unspecified atom stereocenters. The Labute approximate surface area is 74.5 Å². The summed E-state index contributed by atoms with van der Waals surface area (Å²) in [6.45, 7) is 3.21. The second kappa shape index (κ2) is 3.48. The first-order valence-corrected chi connectivity index (χ1v) is 3.72.